The standard InChI is InChI=1S/C29H25BrN2O2/c30-25-18-16-21(17-19-25)20-26(27(31)33)32-28(34)29(22-10-4-1-5-11-22,23-12-6-2-7-13-23)24-14-8-3-9-15-24/h1-19,26H,20H2,(H2,31,33)(H,32,34)/t26-/m0/s1. The van der Waals surface area contributed by atoms with Gasteiger partial charge in [0.2, 0.25) is 11.8 Å². The van der Waals surface area contributed by atoms with Crippen LogP contribution in [0.5, 0.6) is 0 Å². The zero-order valence-corrected chi connectivity index (χ0v) is 20.1. The van der Waals surface area contributed by atoms with Gasteiger partial charge in [-0.15, -0.1) is 0 Å². The van der Waals surface area contributed by atoms with E-state index in [-0.39, 0.29) is 5.91 Å². The molecule has 0 bridgehead atoms. The second-order valence-electron chi connectivity index (χ2n) is 8.11. The van der Waals surface area contributed by atoms with E-state index in [9.17, 15) is 9.59 Å². The quantitative estimate of drug-likeness (QED) is 0.326. The van der Waals surface area contributed by atoms with Gasteiger partial charge < -0.3 is 11.1 Å². The summed E-state index contributed by atoms with van der Waals surface area (Å²) < 4.78 is 0.937. The molecule has 0 aromatic heterocycles. The number of hydrogen-bond donors (Lipinski definition) is 2. The van der Waals surface area contributed by atoms with Crippen molar-refractivity contribution in [2.75, 3.05) is 0 Å². The van der Waals surface area contributed by atoms with Crippen molar-refractivity contribution in [2.24, 2.45) is 5.73 Å². The molecule has 0 aliphatic heterocycles. The fourth-order valence-corrected chi connectivity index (χ4v) is 4.57. The molecule has 0 radical (unpaired) electrons. The van der Waals surface area contributed by atoms with Crippen molar-refractivity contribution >= 4 is 27.7 Å². The topological polar surface area (TPSA) is 72.2 Å². The van der Waals surface area contributed by atoms with Crippen LogP contribution in [0.25, 0.3) is 0 Å². The van der Waals surface area contributed by atoms with Gasteiger partial charge in [0.15, 0.2) is 0 Å². The summed E-state index contributed by atoms with van der Waals surface area (Å²) in [5.41, 5.74) is 7.90. The van der Waals surface area contributed by atoms with E-state index in [4.69, 9.17) is 5.73 Å². The summed E-state index contributed by atoms with van der Waals surface area (Å²) in [6, 6.07) is 35.6. The van der Waals surface area contributed by atoms with Crippen molar-refractivity contribution in [3.05, 3.63) is 142 Å². The van der Waals surface area contributed by atoms with Crippen molar-refractivity contribution in [1.29, 1.82) is 0 Å². The molecule has 0 saturated carbocycles. The zero-order chi connectivity index (χ0) is 24.0. The summed E-state index contributed by atoms with van der Waals surface area (Å²) >= 11 is 3.42. The maximum absolute atomic E-state index is 14.3. The first kappa shape index (κ1) is 23.5. The number of carbonyl (C=O) groups excluding carboxylic acids is 2. The summed E-state index contributed by atoms with van der Waals surface area (Å²) in [4.78, 5) is 26.7. The molecule has 3 N–H and O–H groups in total. The van der Waals surface area contributed by atoms with E-state index in [0.29, 0.717) is 6.42 Å². The lowest BCUT2D eigenvalue weighted by molar-refractivity contribution is -0.129. The van der Waals surface area contributed by atoms with Gasteiger partial charge in [-0.25, -0.2) is 0 Å². The average molecular weight is 513 g/mol. The molecule has 0 fully saturated rings. The molecule has 170 valence electrons. The van der Waals surface area contributed by atoms with Crippen LogP contribution in [0, 0.1) is 0 Å². The van der Waals surface area contributed by atoms with Crippen LogP contribution in [0.3, 0.4) is 0 Å². The molecule has 0 aliphatic rings. The summed E-state index contributed by atoms with van der Waals surface area (Å²) in [7, 11) is 0. The predicted octanol–water partition coefficient (Wildman–Crippen LogP) is 5.00. The Morgan fingerprint density at radius 3 is 1.50 bits per heavy atom. The highest BCUT2D eigenvalue weighted by Crippen LogP contribution is 2.39. The Kier molecular flexibility index (Phi) is 7.24. The lowest BCUT2D eigenvalue weighted by atomic mass is 9.68. The van der Waals surface area contributed by atoms with Gasteiger partial charge in [-0.1, -0.05) is 119 Å². The first-order valence-corrected chi connectivity index (χ1v) is 11.8. The van der Waals surface area contributed by atoms with Crippen molar-refractivity contribution in [3.63, 3.8) is 0 Å². The number of nitrogens with two attached hydrogens (primary N) is 1. The van der Waals surface area contributed by atoms with Gasteiger partial charge in [0.25, 0.3) is 0 Å². The molecule has 4 rings (SSSR count). The number of primary amides is 1. The number of rotatable bonds is 8. The van der Waals surface area contributed by atoms with Gasteiger partial charge in [-0.3, -0.25) is 9.59 Å². The maximum atomic E-state index is 14.3. The minimum Gasteiger partial charge on any atom is -0.368 e. The molecule has 0 spiro atoms. The first-order chi connectivity index (χ1) is 16.5. The van der Waals surface area contributed by atoms with E-state index >= 15 is 0 Å². The third kappa shape index (κ3) is 4.80. The monoisotopic (exact) mass is 512 g/mol. The van der Waals surface area contributed by atoms with E-state index in [1.165, 1.54) is 0 Å². The molecule has 34 heavy (non-hydrogen) atoms. The highest BCUT2D eigenvalue weighted by atomic mass is 79.9. The number of halogens is 1. The lowest BCUT2D eigenvalue weighted by Gasteiger charge is -2.35. The first-order valence-electron chi connectivity index (χ1n) is 11.0. The van der Waals surface area contributed by atoms with E-state index in [1.807, 2.05) is 115 Å². The molecule has 5 heteroatoms. The number of amides is 2. The van der Waals surface area contributed by atoms with Crippen LogP contribution in [0.1, 0.15) is 22.3 Å². The molecular formula is C29H25BrN2O2. The van der Waals surface area contributed by atoms with E-state index in [1.54, 1.807) is 0 Å². The van der Waals surface area contributed by atoms with Gasteiger partial charge in [-0.05, 0) is 34.4 Å². The zero-order valence-electron chi connectivity index (χ0n) is 18.5. The SMILES string of the molecule is NC(=O)[C@H](Cc1ccc(Br)cc1)NC(=O)C(c1ccccc1)(c1ccccc1)c1ccccc1. The van der Waals surface area contributed by atoms with Crippen LogP contribution in [-0.4, -0.2) is 17.9 Å². The molecule has 0 unspecified atom stereocenters. The summed E-state index contributed by atoms with van der Waals surface area (Å²) in [6.45, 7) is 0. The van der Waals surface area contributed by atoms with Crippen LogP contribution in [0.15, 0.2) is 120 Å². The number of benzene rings is 4. The molecule has 1 atom stereocenters. The molecule has 2 amide bonds. The fraction of sp³-hybridized carbons (Fsp3) is 0.103. The Labute approximate surface area is 208 Å². The minimum absolute atomic E-state index is 0.294. The predicted molar refractivity (Wildman–Crippen MR) is 138 cm³/mol. The maximum Gasteiger partial charge on any atom is 0.240 e. The van der Waals surface area contributed by atoms with Crippen LogP contribution >= 0.6 is 15.9 Å². The molecule has 4 aromatic carbocycles. The van der Waals surface area contributed by atoms with Gasteiger partial charge in [0, 0.05) is 10.9 Å². The summed E-state index contributed by atoms with van der Waals surface area (Å²) in [6.07, 6.45) is 0.294. The van der Waals surface area contributed by atoms with Crippen molar-refractivity contribution in [3.8, 4) is 0 Å². The fourth-order valence-electron chi connectivity index (χ4n) is 4.30. The van der Waals surface area contributed by atoms with E-state index in [0.717, 1.165) is 26.7 Å². The van der Waals surface area contributed by atoms with Crippen molar-refractivity contribution in [1.82, 2.24) is 5.32 Å². The Morgan fingerprint density at radius 2 is 1.12 bits per heavy atom. The third-order valence-electron chi connectivity index (χ3n) is 5.96. The van der Waals surface area contributed by atoms with Gasteiger partial charge in [0.05, 0.1) is 0 Å². The normalized spacial score (nSPS) is 12.0. The molecule has 0 heterocycles. The Morgan fingerprint density at radius 1 is 0.706 bits per heavy atom. The van der Waals surface area contributed by atoms with Crippen LogP contribution in [-0.2, 0) is 21.4 Å². The van der Waals surface area contributed by atoms with E-state index in [2.05, 4.69) is 21.2 Å². The van der Waals surface area contributed by atoms with Crippen LogP contribution in [0.2, 0.25) is 0 Å². The largest absolute Gasteiger partial charge is 0.368 e. The van der Waals surface area contributed by atoms with Crippen molar-refractivity contribution < 1.29 is 9.59 Å². The summed E-state index contributed by atoms with van der Waals surface area (Å²) in [5.74, 6) is -0.892. The molecular weight excluding hydrogens is 488 g/mol. The smallest absolute Gasteiger partial charge is 0.240 e. The Hall–Kier alpha value is -3.70. The Bertz CT molecular complexity index is 1150. The molecule has 4 nitrogen and oxygen atoms in total. The summed E-state index contributed by atoms with van der Waals surface area (Å²) in [5, 5.41) is 2.99. The third-order valence-corrected chi connectivity index (χ3v) is 6.49. The van der Waals surface area contributed by atoms with Crippen molar-refractivity contribution in [2.45, 2.75) is 17.9 Å². The van der Waals surface area contributed by atoms with E-state index < -0.39 is 17.4 Å². The molecule has 0 aliphatic carbocycles. The molecule has 4 aromatic rings. The second kappa shape index (κ2) is 10.5. The number of carbonyl (C=O) groups is 2. The number of hydrogen-bond acceptors (Lipinski definition) is 2. The molecule has 0 saturated heterocycles. The van der Waals surface area contributed by atoms with Gasteiger partial charge in [0.1, 0.15) is 11.5 Å². The highest BCUT2D eigenvalue weighted by molar-refractivity contribution is 9.10. The number of nitrogens with one attached hydrogen (secondary N) is 1. The second-order valence-corrected chi connectivity index (χ2v) is 9.02. The lowest BCUT2D eigenvalue weighted by Crippen LogP contribution is -2.54. The Balaban J connectivity index is 1.83. The van der Waals surface area contributed by atoms with Gasteiger partial charge in [-0.2, -0.15) is 0 Å². The van der Waals surface area contributed by atoms with Crippen LogP contribution in [0.4, 0.5) is 0 Å². The average Bonchev–Trinajstić information content (AvgIpc) is 2.87. The van der Waals surface area contributed by atoms with Gasteiger partial charge >= 0.3 is 0 Å². The minimum atomic E-state index is -1.17. The van der Waals surface area contributed by atoms with Crippen LogP contribution < -0.4 is 11.1 Å². The highest BCUT2D eigenvalue weighted by Gasteiger charge is 2.44.